The summed E-state index contributed by atoms with van der Waals surface area (Å²) in [6, 6.07) is 3.75. The Morgan fingerprint density at radius 2 is 2.00 bits per heavy atom. The number of hydrogen-bond donors (Lipinski definition) is 1. The van der Waals surface area contributed by atoms with Gasteiger partial charge in [-0.3, -0.25) is 10.1 Å². The van der Waals surface area contributed by atoms with E-state index >= 15 is 0 Å². The van der Waals surface area contributed by atoms with Crippen LogP contribution in [-0.4, -0.2) is 32.3 Å². The summed E-state index contributed by atoms with van der Waals surface area (Å²) in [7, 11) is 1.57. The second kappa shape index (κ2) is 3.82. The molecule has 0 amide bonds. The normalized spacial score (nSPS) is 10.6. The van der Waals surface area contributed by atoms with Gasteiger partial charge >= 0.3 is 0 Å². The highest BCUT2D eigenvalue weighted by Gasteiger charge is 2.14. The van der Waals surface area contributed by atoms with E-state index < -0.39 is 0 Å². The second-order valence-electron chi connectivity index (χ2n) is 3.41. The van der Waals surface area contributed by atoms with Gasteiger partial charge in [-0.15, -0.1) is 0 Å². The molecule has 0 atom stereocenters. The third-order valence-electron chi connectivity index (χ3n) is 2.47. The number of nitrogens with zero attached hydrogens (tertiary/aromatic N) is 4. The van der Waals surface area contributed by atoms with E-state index in [1.54, 1.807) is 19.5 Å². The van der Waals surface area contributed by atoms with Crippen molar-refractivity contribution in [2.45, 2.75) is 0 Å². The summed E-state index contributed by atoms with van der Waals surface area (Å²) in [4.78, 5) is 12.2. The molecule has 0 saturated carbocycles. The van der Waals surface area contributed by atoms with Crippen LogP contribution in [-0.2, 0) is 0 Å². The minimum Gasteiger partial charge on any atom is -0.480 e. The predicted molar refractivity (Wildman–Crippen MR) is 61.5 cm³/mol. The molecule has 0 spiro atoms. The summed E-state index contributed by atoms with van der Waals surface area (Å²) in [5, 5.41) is 7.88. The third kappa shape index (κ3) is 1.50. The fourth-order valence-corrected chi connectivity index (χ4v) is 1.71. The molecule has 0 aliphatic rings. The van der Waals surface area contributed by atoms with Crippen molar-refractivity contribution in [1.82, 2.24) is 25.1 Å². The molecule has 6 nitrogen and oxygen atoms in total. The van der Waals surface area contributed by atoms with Crippen LogP contribution >= 0.6 is 0 Å². The molecule has 1 N–H and O–H groups in total. The predicted octanol–water partition coefficient (Wildman–Crippen LogP) is 1.42. The maximum atomic E-state index is 5.22. The molecule has 0 bridgehead atoms. The minimum atomic E-state index is 0.510. The molecule has 0 saturated heterocycles. The van der Waals surface area contributed by atoms with Gasteiger partial charge in [-0.25, -0.2) is 9.97 Å². The number of methoxy groups -OCH3 is 1. The molecular formula is C11H9N5O. The van der Waals surface area contributed by atoms with Gasteiger partial charge in [-0.05, 0) is 12.1 Å². The quantitative estimate of drug-likeness (QED) is 0.716. The summed E-state index contributed by atoms with van der Waals surface area (Å²) < 4.78 is 5.22. The Labute approximate surface area is 96.7 Å². The Balaban J connectivity index is 2.31. The van der Waals surface area contributed by atoms with Crippen LogP contribution in [0.15, 0.2) is 30.9 Å². The van der Waals surface area contributed by atoms with Crippen LogP contribution in [0.3, 0.4) is 0 Å². The molecule has 3 aromatic heterocycles. The first-order valence-electron chi connectivity index (χ1n) is 5.03. The van der Waals surface area contributed by atoms with Gasteiger partial charge in [0.1, 0.15) is 17.4 Å². The second-order valence-corrected chi connectivity index (χ2v) is 3.41. The molecular weight excluding hydrogens is 218 g/mol. The smallest absolute Gasteiger partial charge is 0.228 e. The summed E-state index contributed by atoms with van der Waals surface area (Å²) in [5.41, 5.74) is 2.36. The molecule has 3 rings (SSSR count). The maximum absolute atomic E-state index is 5.22. The Hall–Kier alpha value is -2.50. The highest BCUT2D eigenvalue weighted by Crippen LogP contribution is 2.30. The van der Waals surface area contributed by atoms with E-state index in [4.69, 9.17) is 4.74 Å². The topological polar surface area (TPSA) is 76.6 Å². The number of fused-ring (bicyclic) bond motifs is 1. The molecule has 17 heavy (non-hydrogen) atoms. The molecule has 3 aromatic rings. The van der Waals surface area contributed by atoms with Crippen LogP contribution in [0.4, 0.5) is 0 Å². The van der Waals surface area contributed by atoms with Crippen molar-refractivity contribution < 1.29 is 4.74 Å². The summed E-state index contributed by atoms with van der Waals surface area (Å²) in [6.07, 6.45) is 4.87. The molecule has 3 heterocycles. The summed E-state index contributed by atoms with van der Waals surface area (Å²) >= 11 is 0. The van der Waals surface area contributed by atoms with Gasteiger partial charge in [0.25, 0.3) is 0 Å². The average Bonchev–Trinajstić information content (AvgIpc) is 2.83. The Bertz CT molecular complexity index is 649. The van der Waals surface area contributed by atoms with Crippen molar-refractivity contribution in [3.8, 4) is 17.1 Å². The lowest BCUT2D eigenvalue weighted by Crippen LogP contribution is -1.90. The van der Waals surface area contributed by atoms with Gasteiger partial charge < -0.3 is 4.74 Å². The van der Waals surface area contributed by atoms with Gasteiger partial charge in [-0.1, -0.05) is 0 Å². The van der Waals surface area contributed by atoms with E-state index in [1.165, 1.54) is 6.33 Å². The summed E-state index contributed by atoms with van der Waals surface area (Å²) in [5.74, 6) is 0.510. The van der Waals surface area contributed by atoms with Gasteiger partial charge in [0.05, 0.1) is 7.11 Å². The van der Waals surface area contributed by atoms with E-state index in [9.17, 15) is 0 Å². The van der Waals surface area contributed by atoms with Crippen molar-refractivity contribution in [3.05, 3.63) is 30.9 Å². The fourth-order valence-electron chi connectivity index (χ4n) is 1.71. The third-order valence-corrected chi connectivity index (χ3v) is 2.47. The van der Waals surface area contributed by atoms with E-state index in [2.05, 4.69) is 25.1 Å². The average molecular weight is 227 g/mol. The van der Waals surface area contributed by atoms with Gasteiger partial charge in [0, 0.05) is 18.0 Å². The fraction of sp³-hybridized carbons (Fsp3) is 0.0909. The number of H-pyrrole nitrogens is 1. The molecule has 0 aliphatic carbocycles. The SMILES string of the molecule is COc1ncnc2[nH]nc(-c3ccncc3)c12. The largest absolute Gasteiger partial charge is 0.480 e. The molecule has 84 valence electrons. The van der Waals surface area contributed by atoms with Crippen LogP contribution in [0.1, 0.15) is 0 Å². The van der Waals surface area contributed by atoms with Crippen molar-refractivity contribution in [3.63, 3.8) is 0 Å². The number of rotatable bonds is 2. The molecule has 0 fully saturated rings. The van der Waals surface area contributed by atoms with Crippen LogP contribution in [0.2, 0.25) is 0 Å². The van der Waals surface area contributed by atoms with E-state index in [-0.39, 0.29) is 0 Å². The van der Waals surface area contributed by atoms with Gasteiger partial charge in [0.15, 0.2) is 5.65 Å². The highest BCUT2D eigenvalue weighted by molar-refractivity contribution is 5.94. The van der Waals surface area contributed by atoms with Crippen molar-refractivity contribution >= 4 is 11.0 Å². The van der Waals surface area contributed by atoms with E-state index in [1.807, 2.05) is 12.1 Å². The number of aromatic nitrogens is 5. The van der Waals surface area contributed by atoms with E-state index in [0.29, 0.717) is 11.5 Å². The van der Waals surface area contributed by atoms with Gasteiger partial charge in [0.2, 0.25) is 5.88 Å². The van der Waals surface area contributed by atoms with E-state index in [0.717, 1.165) is 16.6 Å². The lowest BCUT2D eigenvalue weighted by Gasteiger charge is -2.01. The molecule has 0 radical (unpaired) electrons. The standard InChI is InChI=1S/C11H9N5O/c1-17-11-8-9(7-2-4-12-5-3-7)15-16-10(8)13-6-14-11/h2-6H,1H3,(H,13,14,15,16). The zero-order valence-electron chi connectivity index (χ0n) is 9.08. The minimum absolute atomic E-state index is 0.510. The Kier molecular flexibility index (Phi) is 2.18. The first-order valence-corrected chi connectivity index (χ1v) is 5.03. The number of pyridine rings is 1. The monoisotopic (exact) mass is 227 g/mol. The maximum Gasteiger partial charge on any atom is 0.228 e. The molecule has 0 unspecified atom stereocenters. The first kappa shape index (κ1) is 9.71. The Morgan fingerprint density at radius 3 is 2.76 bits per heavy atom. The molecule has 6 heteroatoms. The van der Waals surface area contributed by atoms with Crippen molar-refractivity contribution in [2.24, 2.45) is 0 Å². The van der Waals surface area contributed by atoms with Crippen LogP contribution < -0.4 is 4.74 Å². The summed E-state index contributed by atoms with van der Waals surface area (Å²) in [6.45, 7) is 0. The van der Waals surface area contributed by atoms with Crippen LogP contribution in [0, 0.1) is 0 Å². The number of aromatic amines is 1. The Morgan fingerprint density at radius 1 is 1.18 bits per heavy atom. The zero-order valence-corrected chi connectivity index (χ0v) is 9.08. The lowest BCUT2D eigenvalue weighted by molar-refractivity contribution is 0.402. The van der Waals surface area contributed by atoms with Crippen molar-refractivity contribution in [1.29, 1.82) is 0 Å². The lowest BCUT2D eigenvalue weighted by atomic mass is 10.1. The van der Waals surface area contributed by atoms with Crippen LogP contribution in [0.5, 0.6) is 5.88 Å². The first-order chi connectivity index (χ1) is 8.40. The number of nitrogens with one attached hydrogen (secondary N) is 1. The molecule has 0 aromatic carbocycles. The van der Waals surface area contributed by atoms with Crippen molar-refractivity contribution in [2.75, 3.05) is 7.11 Å². The number of hydrogen-bond acceptors (Lipinski definition) is 5. The highest BCUT2D eigenvalue weighted by atomic mass is 16.5. The molecule has 0 aliphatic heterocycles. The van der Waals surface area contributed by atoms with Gasteiger partial charge in [-0.2, -0.15) is 5.10 Å². The van der Waals surface area contributed by atoms with Crippen LogP contribution in [0.25, 0.3) is 22.3 Å². The number of ether oxygens (including phenoxy) is 1. The zero-order chi connectivity index (χ0) is 11.7.